The zero-order valence-corrected chi connectivity index (χ0v) is 12.4. The van der Waals surface area contributed by atoms with Gasteiger partial charge in [-0.3, -0.25) is 4.79 Å². The molecule has 0 aliphatic rings. The molecule has 3 N–H and O–H groups in total. The van der Waals surface area contributed by atoms with Crippen LogP contribution in [0.25, 0.3) is 0 Å². The predicted octanol–water partition coefficient (Wildman–Crippen LogP) is 3.81. The summed E-state index contributed by atoms with van der Waals surface area (Å²) in [6.07, 6.45) is 0. The quantitative estimate of drug-likeness (QED) is 0.847. The number of carbonyl (C=O) groups excluding carboxylic acids is 1. The molecule has 0 saturated carbocycles. The summed E-state index contributed by atoms with van der Waals surface area (Å²) in [7, 11) is 0. The van der Waals surface area contributed by atoms with Crippen LogP contribution in [0, 0.1) is 6.92 Å². The fraction of sp³-hybridized carbons (Fsp3) is 0.133. The minimum atomic E-state index is -0.240. The van der Waals surface area contributed by atoms with Crippen LogP contribution in [0.1, 0.15) is 21.5 Å². The summed E-state index contributed by atoms with van der Waals surface area (Å²) in [5.74, 6) is -0.240. The summed E-state index contributed by atoms with van der Waals surface area (Å²) >= 11 is 11.8. The lowest BCUT2D eigenvalue weighted by molar-refractivity contribution is 0.0951. The van der Waals surface area contributed by atoms with Gasteiger partial charge >= 0.3 is 0 Å². The van der Waals surface area contributed by atoms with Crippen molar-refractivity contribution >= 4 is 34.8 Å². The molecule has 0 unspecified atom stereocenters. The van der Waals surface area contributed by atoms with E-state index >= 15 is 0 Å². The Bertz CT molecular complexity index is 633. The number of amides is 1. The Morgan fingerprint density at radius 2 is 1.85 bits per heavy atom. The highest BCUT2D eigenvalue weighted by Gasteiger charge is 2.11. The molecule has 0 atom stereocenters. The van der Waals surface area contributed by atoms with Gasteiger partial charge in [-0.05, 0) is 24.6 Å². The second-order valence-electron chi connectivity index (χ2n) is 4.53. The van der Waals surface area contributed by atoms with Crippen LogP contribution in [-0.2, 0) is 6.54 Å². The molecule has 20 heavy (non-hydrogen) atoms. The Balaban J connectivity index is 2.09. The number of aryl methyl sites for hydroxylation is 1. The van der Waals surface area contributed by atoms with E-state index in [1.165, 1.54) is 12.1 Å². The minimum absolute atomic E-state index is 0.240. The third-order valence-electron chi connectivity index (χ3n) is 2.88. The van der Waals surface area contributed by atoms with Gasteiger partial charge < -0.3 is 11.1 Å². The van der Waals surface area contributed by atoms with Crippen LogP contribution in [0.15, 0.2) is 36.4 Å². The van der Waals surface area contributed by atoms with E-state index in [1.807, 2.05) is 31.2 Å². The molecule has 0 aliphatic carbocycles. The van der Waals surface area contributed by atoms with Gasteiger partial charge in [-0.1, -0.05) is 53.0 Å². The molecule has 0 heterocycles. The van der Waals surface area contributed by atoms with Crippen LogP contribution in [0.4, 0.5) is 5.69 Å². The maximum atomic E-state index is 12.0. The monoisotopic (exact) mass is 308 g/mol. The number of benzene rings is 2. The molecule has 0 radical (unpaired) electrons. The van der Waals surface area contributed by atoms with Crippen LogP contribution in [0.3, 0.4) is 0 Å². The second kappa shape index (κ2) is 6.16. The van der Waals surface area contributed by atoms with Crippen molar-refractivity contribution in [3.63, 3.8) is 0 Å². The molecule has 0 aliphatic heterocycles. The van der Waals surface area contributed by atoms with Crippen molar-refractivity contribution in [1.29, 1.82) is 0 Å². The van der Waals surface area contributed by atoms with Crippen molar-refractivity contribution in [2.45, 2.75) is 13.5 Å². The van der Waals surface area contributed by atoms with E-state index < -0.39 is 0 Å². The normalized spacial score (nSPS) is 10.3. The van der Waals surface area contributed by atoms with E-state index in [4.69, 9.17) is 28.9 Å². The van der Waals surface area contributed by atoms with Gasteiger partial charge in [0.2, 0.25) is 0 Å². The van der Waals surface area contributed by atoms with E-state index in [-0.39, 0.29) is 21.6 Å². The highest BCUT2D eigenvalue weighted by Crippen LogP contribution is 2.28. The van der Waals surface area contributed by atoms with Gasteiger partial charge in [-0.15, -0.1) is 0 Å². The number of rotatable bonds is 3. The first kappa shape index (κ1) is 14.7. The summed E-state index contributed by atoms with van der Waals surface area (Å²) in [6, 6.07) is 10.9. The Morgan fingerprint density at radius 1 is 1.20 bits per heavy atom. The Labute approximate surface area is 127 Å². The average Bonchev–Trinajstić information content (AvgIpc) is 2.41. The topological polar surface area (TPSA) is 55.1 Å². The number of halogens is 2. The number of hydrogen-bond acceptors (Lipinski definition) is 2. The Kier molecular flexibility index (Phi) is 4.53. The highest BCUT2D eigenvalue weighted by atomic mass is 35.5. The Morgan fingerprint density at radius 3 is 2.45 bits per heavy atom. The average molecular weight is 309 g/mol. The van der Waals surface area contributed by atoms with Crippen molar-refractivity contribution in [1.82, 2.24) is 5.32 Å². The largest absolute Gasteiger partial charge is 0.396 e. The van der Waals surface area contributed by atoms with Crippen LogP contribution in [0.2, 0.25) is 10.0 Å². The van der Waals surface area contributed by atoms with Crippen LogP contribution < -0.4 is 11.1 Å². The molecule has 3 nitrogen and oxygen atoms in total. The van der Waals surface area contributed by atoms with Gasteiger partial charge in [-0.2, -0.15) is 0 Å². The van der Waals surface area contributed by atoms with E-state index in [0.29, 0.717) is 12.1 Å². The third kappa shape index (κ3) is 3.44. The molecule has 104 valence electrons. The number of nitrogen functional groups attached to an aromatic ring is 1. The molecule has 5 heteroatoms. The highest BCUT2D eigenvalue weighted by molar-refractivity contribution is 6.39. The van der Waals surface area contributed by atoms with Gasteiger partial charge in [-0.25, -0.2) is 0 Å². The lowest BCUT2D eigenvalue weighted by Gasteiger charge is -2.08. The van der Waals surface area contributed by atoms with Crippen molar-refractivity contribution < 1.29 is 4.79 Å². The smallest absolute Gasteiger partial charge is 0.251 e. The van der Waals surface area contributed by atoms with E-state index in [1.54, 1.807) is 0 Å². The van der Waals surface area contributed by atoms with E-state index in [2.05, 4.69) is 5.32 Å². The fourth-order valence-corrected chi connectivity index (χ4v) is 2.31. The van der Waals surface area contributed by atoms with Crippen LogP contribution in [0.5, 0.6) is 0 Å². The van der Waals surface area contributed by atoms with E-state index in [0.717, 1.165) is 11.1 Å². The molecule has 2 aromatic rings. The first-order valence-electron chi connectivity index (χ1n) is 6.05. The molecule has 0 bridgehead atoms. The van der Waals surface area contributed by atoms with Gasteiger partial charge in [0, 0.05) is 12.1 Å². The molecule has 0 saturated heterocycles. The number of hydrogen-bond donors (Lipinski definition) is 2. The number of nitrogens with two attached hydrogens (primary N) is 1. The molecule has 0 aromatic heterocycles. The third-order valence-corrected chi connectivity index (χ3v) is 3.50. The summed E-state index contributed by atoms with van der Waals surface area (Å²) in [4.78, 5) is 12.0. The second-order valence-corrected chi connectivity index (χ2v) is 5.34. The van der Waals surface area contributed by atoms with Crippen molar-refractivity contribution in [3.8, 4) is 0 Å². The fourth-order valence-electron chi connectivity index (χ4n) is 1.82. The zero-order valence-electron chi connectivity index (χ0n) is 10.9. The number of anilines is 1. The molecule has 2 rings (SSSR count). The van der Waals surface area contributed by atoms with Crippen LogP contribution >= 0.6 is 23.2 Å². The molecule has 2 aromatic carbocycles. The van der Waals surface area contributed by atoms with Gasteiger partial charge in [0.25, 0.3) is 5.91 Å². The zero-order chi connectivity index (χ0) is 14.7. The van der Waals surface area contributed by atoms with Crippen molar-refractivity contribution in [2.24, 2.45) is 0 Å². The maximum absolute atomic E-state index is 12.0. The van der Waals surface area contributed by atoms with Gasteiger partial charge in [0.05, 0.1) is 15.7 Å². The maximum Gasteiger partial charge on any atom is 0.251 e. The summed E-state index contributed by atoms with van der Waals surface area (Å²) in [6.45, 7) is 2.45. The van der Waals surface area contributed by atoms with Gasteiger partial charge in [0.1, 0.15) is 0 Å². The summed E-state index contributed by atoms with van der Waals surface area (Å²) in [5, 5.41) is 3.37. The summed E-state index contributed by atoms with van der Waals surface area (Å²) in [5.41, 5.74) is 8.49. The molecular weight excluding hydrogens is 295 g/mol. The van der Waals surface area contributed by atoms with Crippen molar-refractivity contribution in [2.75, 3.05) is 5.73 Å². The Hall–Kier alpha value is -1.71. The lowest BCUT2D eigenvalue weighted by Crippen LogP contribution is -2.22. The van der Waals surface area contributed by atoms with Crippen LogP contribution in [-0.4, -0.2) is 5.91 Å². The standard InChI is InChI=1S/C15H14Cl2N2O/c1-9-3-2-4-10(5-9)8-19-15(20)11-6-12(16)14(18)13(17)7-11/h2-7H,8,18H2,1H3,(H,19,20). The lowest BCUT2D eigenvalue weighted by atomic mass is 10.1. The predicted molar refractivity (Wildman–Crippen MR) is 83.2 cm³/mol. The van der Waals surface area contributed by atoms with E-state index in [9.17, 15) is 4.79 Å². The first-order valence-corrected chi connectivity index (χ1v) is 6.81. The van der Waals surface area contributed by atoms with Crippen molar-refractivity contribution in [3.05, 3.63) is 63.1 Å². The minimum Gasteiger partial charge on any atom is -0.396 e. The van der Waals surface area contributed by atoms with Gasteiger partial charge in [0.15, 0.2) is 0 Å². The first-order chi connectivity index (χ1) is 9.47. The number of carbonyl (C=O) groups is 1. The summed E-state index contributed by atoms with van der Waals surface area (Å²) < 4.78 is 0. The molecule has 0 spiro atoms. The molecule has 0 fully saturated rings. The molecular formula is C15H14Cl2N2O. The number of nitrogens with one attached hydrogen (secondary N) is 1. The SMILES string of the molecule is Cc1cccc(CNC(=O)c2cc(Cl)c(N)c(Cl)c2)c1. The molecule has 1 amide bonds.